The topological polar surface area (TPSA) is 77.1 Å². The lowest BCUT2D eigenvalue weighted by Gasteiger charge is -2.17. The molecule has 0 radical (unpaired) electrons. The molecule has 0 fully saturated rings. The molecule has 3 aromatic rings. The zero-order chi connectivity index (χ0) is 19.7. The molecule has 0 bridgehead atoms. The van der Waals surface area contributed by atoms with Gasteiger partial charge in [0, 0.05) is 11.4 Å². The number of amides is 1. The molecule has 28 heavy (non-hydrogen) atoms. The minimum Gasteiger partial charge on any atom is -0.467 e. The predicted molar refractivity (Wildman–Crippen MR) is 112 cm³/mol. The number of carbonyl (C=O) groups is 1. The summed E-state index contributed by atoms with van der Waals surface area (Å²) < 4.78 is 6.91. The number of aromatic nitrogens is 2. The van der Waals surface area contributed by atoms with Crippen molar-refractivity contribution in [3.05, 3.63) is 45.0 Å². The second-order valence-corrected chi connectivity index (χ2v) is 9.15. The molecule has 1 atom stereocenters. The van der Waals surface area contributed by atoms with Gasteiger partial charge in [-0.05, 0) is 49.8 Å². The molecule has 0 spiro atoms. The van der Waals surface area contributed by atoms with E-state index in [1.807, 2.05) is 13.0 Å². The maximum atomic E-state index is 13.1. The summed E-state index contributed by atoms with van der Waals surface area (Å²) in [6.45, 7) is 5.10. The van der Waals surface area contributed by atoms with Crippen molar-refractivity contribution in [2.45, 2.75) is 51.4 Å². The van der Waals surface area contributed by atoms with Gasteiger partial charge in [0.15, 0.2) is 5.16 Å². The smallest absolute Gasteiger partial charge is 0.263 e. The molecule has 0 unspecified atom stereocenters. The van der Waals surface area contributed by atoms with Crippen LogP contribution in [0.15, 0.2) is 32.8 Å². The summed E-state index contributed by atoms with van der Waals surface area (Å²) in [4.78, 5) is 32.2. The largest absolute Gasteiger partial charge is 0.467 e. The second kappa shape index (κ2) is 8.13. The summed E-state index contributed by atoms with van der Waals surface area (Å²) in [5.74, 6) is 1.46. The van der Waals surface area contributed by atoms with Gasteiger partial charge in [-0.15, -0.1) is 11.3 Å². The van der Waals surface area contributed by atoms with Gasteiger partial charge in [-0.1, -0.05) is 18.7 Å². The van der Waals surface area contributed by atoms with E-state index in [0.717, 1.165) is 29.5 Å². The van der Waals surface area contributed by atoms with Crippen molar-refractivity contribution in [3.63, 3.8) is 0 Å². The zero-order valence-corrected chi connectivity index (χ0v) is 17.6. The minimum atomic E-state index is -0.113. The van der Waals surface area contributed by atoms with Gasteiger partial charge in [-0.25, -0.2) is 4.98 Å². The summed E-state index contributed by atoms with van der Waals surface area (Å²) in [7, 11) is 0. The normalized spacial score (nSPS) is 16.3. The van der Waals surface area contributed by atoms with Gasteiger partial charge in [0.2, 0.25) is 5.91 Å². The van der Waals surface area contributed by atoms with Crippen LogP contribution < -0.4 is 10.9 Å². The highest BCUT2D eigenvalue weighted by molar-refractivity contribution is 7.99. The first-order chi connectivity index (χ1) is 13.6. The molecule has 1 aliphatic rings. The molecule has 1 amide bonds. The van der Waals surface area contributed by atoms with E-state index >= 15 is 0 Å². The molecular weight excluding hydrogens is 394 g/mol. The first kappa shape index (κ1) is 19.3. The van der Waals surface area contributed by atoms with Crippen molar-refractivity contribution < 1.29 is 9.21 Å². The third kappa shape index (κ3) is 3.75. The summed E-state index contributed by atoms with van der Waals surface area (Å²) in [5, 5.41) is 4.23. The minimum absolute atomic E-state index is 0.0260. The van der Waals surface area contributed by atoms with E-state index in [0.29, 0.717) is 29.9 Å². The number of carbonyl (C=O) groups excluding carboxylic acids is 1. The molecule has 3 aromatic heterocycles. The molecular formula is C20H23N3O3S2. The number of hydrogen-bond donors (Lipinski definition) is 1. The van der Waals surface area contributed by atoms with Crippen LogP contribution in [0.5, 0.6) is 0 Å². The average Bonchev–Trinajstić information content (AvgIpc) is 3.31. The van der Waals surface area contributed by atoms with Gasteiger partial charge < -0.3 is 9.73 Å². The molecule has 4 rings (SSSR count). The van der Waals surface area contributed by atoms with E-state index < -0.39 is 0 Å². The monoisotopic (exact) mass is 417 g/mol. The van der Waals surface area contributed by atoms with Crippen LogP contribution in [-0.2, 0) is 30.7 Å². The highest BCUT2D eigenvalue weighted by Crippen LogP contribution is 2.36. The molecule has 148 valence electrons. The Bertz CT molecular complexity index is 1050. The Labute approximate surface area is 171 Å². The molecule has 0 saturated heterocycles. The van der Waals surface area contributed by atoms with Crippen LogP contribution in [0, 0.1) is 5.92 Å². The van der Waals surface area contributed by atoms with Crippen LogP contribution in [0.3, 0.4) is 0 Å². The summed E-state index contributed by atoms with van der Waals surface area (Å²) in [6, 6.07) is 3.60. The van der Waals surface area contributed by atoms with Crippen molar-refractivity contribution in [1.82, 2.24) is 14.9 Å². The maximum absolute atomic E-state index is 13.1. The first-order valence-corrected chi connectivity index (χ1v) is 11.3. The van der Waals surface area contributed by atoms with Crippen LogP contribution in [0.1, 0.15) is 36.5 Å². The van der Waals surface area contributed by atoms with Gasteiger partial charge in [-0.2, -0.15) is 0 Å². The van der Waals surface area contributed by atoms with E-state index in [1.54, 1.807) is 28.2 Å². The number of thioether (sulfide) groups is 1. The van der Waals surface area contributed by atoms with Gasteiger partial charge in [0.25, 0.3) is 5.56 Å². The van der Waals surface area contributed by atoms with E-state index in [4.69, 9.17) is 9.40 Å². The Morgan fingerprint density at radius 1 is 1.50 bits per heavy atom. The molecule has 1 N–H and O–H groups in total. The van der Waals surface area contributed by atoms with Crippen molar-refractivity contribution in [1.29, 1.82) is 0 Å². The van der Waals surface area contributed by atoms with Gasteiger partial charge in [0.1, 0.15) is 10.6 Å². The number of nitrogens with zero attached hydrogens (tertiary/aromatic N) is 2. The molecule has 8 heteroatoms. The van der Waals surface area contributed by atoms with Crippen LogP contribution in [0.4, 0.5) is 0 Å². The van der Waals surface area contributed by atoms with Crippen LogP contribution >= 0.6 is 23.1 Å². The third-order valence-electron chi connectivity index (χ3n) is 5.07. The lowest BCUT2D eigenvalue weighted by molar-refractivity contribution is -0.118. The predicted octanol–water partition coefficient (Wildman–Crippen LogP) is 3.60. The number of rotatable bonds is 6. The molecule has 3 heterocycles. The van der Waals surface area contributed by atoms with Crippen LogP contribution in [0.2, 0.25) is 0 Å². The number of fused-ring (bicyclic) bond motifs is 3. The summed E-state index contributed by atoms with van der Waals surface area (Å²) >= 11 is 2.95. The second-order valence-electron chi connectivity index (χ2n) is 7.12. The fraction of sp³-hybridized carbons (Fsp3) is 0.450. The lowest BCUT2D eigenvalue weighted by atomic mass is 9.89. The summed E-state index contributed by atoms with van der Waals surface area (Å²) in [5.41, 5.74) is 1.23. The SMILES string of the molecule is CCn1c(SCC(=O)NCc2ccco2)nc2sc3c(c2c1=O)CC[C@@H](C)C3. The van der Waals surface area contributed by atoms with Crippen LogP contribution in [-0.4, -0.2) is 21.2 Å². The third-order valence-corrected chi connectivity index (χ3v) is 7.19. The number of furan rings is 1. The highest BCUT2D eigenvalue weighted by atomic mass is 32.2. The van der Waals surface area contributed by atoms with Gasteiger partial charge in [0.05, 0.1) is 23.9 Å². The maximum Gasteiger partial charge on any atom is 0.263 e. The quantitative estimate of drug-likeness (QED) is 0.490. The van der Waals surface area contributed by atoms with Crippen molar-refractivity contribution >= 4 is 39.2 Å². The Kier molecular flexibility index (Phi) is 5.59. The molecule has 0 aromatic carbocycles. The van der Waals surface area contributed by atoms with Gasteiger partial charge in [-0.3, -0.25) is 14.2 Å². The Morgan fingerprint density at radius 2 is 2.36 bits per heavy atom. The number of hydrogen-bond acceptors (Lipinski definition) is 6. The van der Waals surface area contributed by atoms with E-state index in [9.17, 15) is 9.59 Å². The average molecular weight is 418 g/mol. The van der Waals surface area contributed by atoms with E-state index in [2.05, 4.69) is 12.2 Å². The van der Waals surface area contributed by atoms with Crippen molar-refractivity contribution in [3.8, 4) is 0 Å². The molecule has 0 saturated carbocycles. The van der Waals surface area contributed by atoms with Crippen molar-refractivity contribution in [2.75, 3.05) is 5.75 Å². The highest BCUT2D eigenvalue weighted by Gasteiger charge is 2.24. The van der Waals surface area contributed by atoms with E-state index in [-0.39, 0.29) is 17.2 Å². The Hall–Kier alpha value is -2.06. The number of aryl methyl sites for hydroxylation is 1. The van der Waals surface area contributed by atoms with Crippen LogP contribution in [0.25, 0.3) is 10.2 Å². The number of nitrogens with one attached hydrogen (secondary N) is 1. The Morgan fingerprint density at radius 3 is 3.11 bits per heavy atom. The standard InChI is InChI=1S/C20H23N3O3S2/c1-3-23-19(25)17-14-7-6-12(2)9-15(14)28-18(17)22-20(23)27-11-16(24)21-10-13-5-4-8-26-13/h4-5,8,12H,3,6-7,9-11H2,1-2H3,(H,21,24)/t12-/m1/s1. The van der Waals surface area contributed by atoms with E-state index in [1.165, 1.54) is 22.2 Å². The Balaban J connectivity index is 1.55. The van der Waals surface area contributed by atoms with Crippen molar-refractivity contribution in [2.24, 2.45) is 5.92 Å². The summed E-state index contributed by atoms with van der Waals surface area (Å²) in [6.07, 6.45) is 4.69. The first-order valence-electron chi connectivity index (χ1n) is 9.53. The molecule has 0 aliphatic heterocycles. The molecule has 6 nitrogen and oxygen atoms in total. The fourth-order valence-electron chi connectivity index (χ4n) is 3.57. The van der Waals surface area contributed by atoms with Gasteiger partial charge >= 0.3 is 0 Å². The zero-order valence-electron chi connectivity index (χ0n) is 16.0. The lowest BCUT2D eigenvalue weighted by Crippen LogP contribution is -2.26. The molecule has 1 aliphatic carbocycles. The number of thiophene rings is 1. The fourth-order valence-corrected chi connectivity index (χ4v) is 5.89.